The van der Waals surface area contributed by atoms with Gasteiger partial charge in [-0.2, -0.15) is 0 Å². The van der Waals surface area contributed by atoms with E-state index in [9.17, 15) is 30.0 Å². The van der Waals surface area contributed by atoms with Gasteiger partial charge in [0.25, 0.3) is 0 Å². The van der Waals surface area contributed by atoms with Crippen molar-refractivity contribution in [3.8, 4) is 11.5 Å². The Morgan fingerprint density at radius 3 is 2.51 bits per heavy atom. The smallest absolute Gasteiger partial charge is 0.186 e. The summed E-state index contributed by atoms with van der Waals surface area (Å²) in [5.41, 5.74) is 25.2. The van der Waals surface area contributed by atoms with E-state index < -0.39 is 25.3 Å². The quantitative estimate of drug-likeness (QED) is 0.0102. The molecule has 83 heavy (non-hydrogen) atoms. The first-order valence-corrected chi connectivity index (χ1v) is 31.3. The van der Waals surface area contributed by atoms with Crippen LogP contribution in [0.25, 0.3) is 5.57 Å². The zero-order valence-corrected chi connectivity index (χ0v) is 49.0. The Morgan fingerprint density at radius 1 is 0.928 bits per heavy atom. The third-order valence-corrected chi connectivity index (χ3v) is 20.7. The van der Waals surface area contributed by atoms with Crippen molar-refractivity contribution in [3.63, 3.8) is 0 Å². The summed E-state index contributed by atoms with van der Waals surface area (Å²) in [4.78, 5) is 33.2. The minimum atomic E-state index is -0.690. The van der Waals surface area contributed by atoms with Crippen LogP contribution in [-0.2, 0) is 35.3 Å². The first kappa shape index (κ1) is 60.5. The number of aliphatic hydroxyl groups is 3. The zero-order valence-electron chi connectivity index (χ0n) is 49.0. The second kappa shape index (κ2) is 27.6. The predicted octanol–water partition coefficient (Wildman–Crippen LogP) is 7.05. The van der Waals surface area contributed by atoms with Gasteiger partial charge in [-0.1, -0.05) is 66.7 Å². The van der Waals surface area contributed by atoms with Gasteiger partial charge in [-0.05, 0) is 244 Å². The van der Waals surface area contributed by atoms with Crippen molar-refractivity contribution in [3.05, 3.63) is 136 Å². The van der Waals surface area contributed by atoms with Gasteiger partial charge in [0.15, 0.2) is 30.0 Å². The Balaban J connectivity index is 0.867. The van der Waals surface area contributed by atoms with Crippen molar-refractivity contribution in [1.29, 1.82) is 0 Å². The van der Waals surface area contributed by atoms with Crippen LogP contribution >= 0.6 is 0 Å². The number of hydrogen-bond acceptors (Lipinski definition) is 13. The fraction of sp³-hybridized carbons (Fsp3) is 0.574. The molecule has 15 heteroatoms. The van der Waals surface area contributed by atoms with Crippen LogP contribution < -0.4 is 43.2 Å². The fourth-order valence-electron chi connectivity index (χ4n) is 17.3. The number of carbonyl (C=O) groups excluding carboxylic acids is 2. The van der Waals surface area contributed by atoms with Crippen molar-refractivity contribution in [2.45, 2.75) is 147 Å². The third-order valence-electron chi connectivity index (χ3n) is 20.7. The maximum absolute atomic E-state index is 14.5. The lowest BCUT2D eigenvalue weighted by molar-refractivity contribution is -0.126. The number of aliphatic hydroxyl groups excluding tert-OH is 3. The van der Waals surface area contributed by atoms with E-state index in [0.717, 1.165) is 108 Å². The van der Waals surface area contributed by atoms with E-state index in [0.29, 0.717) is 85.0 Å². The molecule has 3 aliphatic heterocycles. The lowest BCUT2D eigenvalue weighted by atomic mass is 9.52. The van der Waals surface area contributed by atoms with Crippen LogP contribution in [-0.4, -0.2) is 108 Å². The molecule has 13 atom stereocenters. The predicted molar refractivity (Wildman–Crippen MR) is 328 cm³/mol. The average molecular weight is 1140 g/mol. The molecule has 7 aliphatic rings. The molecular weight excluding hydrogens is 1040 g/mol. The summed E-state index contributed by atoms with van der Waals surface area (Å²) >= 11 is 0. The Bertz CT molecular complexity index is 2880. The molecule has 4 aliphatic carbocycles. The van der Waals surface area contributed by atoms with Crippen LogP contribution in [0.2, 0.25) is 0 Å². The molecule has 15 nitrogen and oxygen atoms in total. The number of Topliss-reactive ketones (excluding diaryl/α,β-unsaturated/α-hetero) is 1. The second-order valence-electron chi connectivity index (χ2n) is 26.1. The second-order valence-corrected chi connectivity index (χ2v) is 26.1. The molecule has 10 rings (SSSR count). The number of nitrogens with zero attached hydrogens (tertiary/aromatic N) is 1. The highest BCUT2D eigenvalue weighted by Crippen LogP contribution is 2.70. The molecule has 5 fully saturated rings. The molecule has 14 N–H and O–H groups in total. The number of aromatic hydroxyl groups is 1. The van der Waals surface area contributed by atoms with Crippen molar-refractivity contribution < 1.29 is 34.8 Å². The Morgan fingerprint density at radius 2 is 1.72 bits per heavy atom. The molecule has 3 aromatic rings. The van der Waals surface area contributed by atoms with Crippen LogP contribution in [0.15, 0.2) is 113 Å². The molecule has 1 spiro atoms. The number of nitrogens with one attached hydrogen (secondary N) is 4. The topological polar surface area (TPSA) is 263 Å². The number of aliphatic imine (C=N–C) groups is 1. The number of phenols is 1. The number of allylic oxidation sites excluding steroid dienone is 3. The number of ketones is 2. The zero-order chi connectivity index (χ0) is 58.1. The maximum Gasteiger partial charge on any atom is 0.186 e. The average Bonchev–Trinajstić information content (AvgIpc) is 1.65. The number of rotatable bonds is 25. The summed E-state index contributed by atoms with van der Waals surface area (Å²) in [7, 11) is 0. The summed E-state index contributed by atoms with van der Waals surface area (Å²) in [6.07, 6.45) is 24.6. The van der Waals surface area contributed by atoms with E-state index in [1.807, 2.05) is 25.3 Å². The number of hydrogen-bond donors (Lipinski definition) is 11. The molecule has 448 valence electrons. The highest BCUT2D eigenvalue weighted by Gasteiger charge is 2.65. The van der Waals surface area contributed by atoms with Crippen LogP contribution in [0.4, 0.5) is 0 Å². The van der Waals surface area contributed by atoms with E-state index in [1.54, 1.807) is 12.1 Å². The molecule has 0 amide bonds. The lowest BCUT2D eigenvalue weighted by Gasteiger charge is -2.55. The number of fused-ring (bicyclic) bond motifs is 4. The number of piperidine rings is 1. The normalized spacial score (nSPS) is 30.5. The standard InChI is InChI=1S/C68H94N8O7/c1-43(79)38-75-63-37-67(36-59-57-20-23-72-39-53(57)27-50-11-6-22-73-65(50)59)34-48(15-17-62(67)68(63)21-18-47(35-68)19-24-74-66(70)71)26-55(80)32-56(81)29-54(41-77)58-33-61(83-42-78)60(82)30-51(58)28-52-40-76-64(69)31-49(52)16-14-46-10-5-9-45(25-46)13-12-44-7-3-2-4-8-44/h2-11,25,29-31,33,40,43,47-48,50,53,57,59,62-65,72-73,75-79,82H,12-24,26-28,32,34-39,41-42,69H2,1H3,(H4,70,71,74)/b54-29+/t43-,47+,48+,50-,53-,57+,59-,62+,63-,64?,65+,67-,68+/m0/s1. The van der Waals surface area contributed by atoms with Crippen molar-refractivity contribution in [1.82, 2.24) is 21.3 Å². The van der Waals surface area contributed by atoms with Crippen molar-refractivity contribution >= 4 is 23.1 Å². The van der Waals surface area contributed by atoms with Gasteiger partial charge in [0.1, 0.15) is 5.78 Å². The molecule has 3 heterocycles. The van der Waals surface area contributed by atoms with Gasteiger partial charge in [-0.25, -0.2) is 0 Å². The van der Waals surface area contributed by atoms with Gasteiger partial charge < -0.3 is 63.6 Å². The number of benzene rings is 3. The van der Waals surface area contributed by atoms with Gasteiger partial charge in [0, 0.05) is 44.3 Å². The molecule has 1 unspecified atom stereocenters. The molecular formula is C68H94N8O7. The number of ether oxygens (including phenoxy) is 1. The van der Waals surface area contributed by atoms with Crippen LogP contribution in [0.5, 0.6) is 11.5 Å². The monoisotopic (exact) mass is 1130 g/mol. The summed E-state index contributed by atoms with van der Waals surface area (Å²) in [5.74, 6) is 2.74. The summed E-state index contributed by atoms with van der Waals surface area (Å²) < 4.78 is 5.44. The maximum atomic E-state index is 14.5. The SMILES string of the molecule is C[C@H](O)CN[C@H]1C[C@@]2(C[C@H]3[C@@H]4CCNC[C@@H]4C[C@@H]4C=CCN[C@@H]34)C[C@@H](CC(=O)CC(=O)/C=C(\CO)c3cc(OCO)c(O)cc3CC3=CNC(N)C=C3CCc3cccc(CCc4ccccc4)c3)CC[C@H]2[C@]12CC[C@H](CCN=C(N)N)C2. The van der Waals surface area contributed by atoms with E-state index in [1.165, 1.54) is 35.6 Å². The number of phenolic OH excluding ortho intramolecular Hbond substituents is 1. The summed E-state index contributed by atoms with van der Waals surface area (Å²) in [6, 6.07) is 23.0. The van der Waals surface area contributed by atoms with Gasteiger partial charge in [0.2, 0.25) is 0 Å². The third kappa shape index (κ3) is 14.5. The summed E-state index contributed by atoms with van der Waals surface area (Å²) in [6.45, 7) is 4.82. The Hall–Kier alpha value is -5.65. The molecule has 0 radical (unpaired) electrons. The van der Waals surface area contributed by atoms with Gasteiger partial charge in [-0.15, -0.1) is 0 Å². The van der Waals surface area contributed by atoms with E-state index in [4.69, 9.17) is 21.9 Å². The minimum absolute atomic E-state index is 0.00515. The largest absolute Gasteiger partial charge is 0.504 e. The number of guanidine groups is 1. The summed E-state index contributed by atoms with van der Waals surface area (Å²) in [5, 5.41) is 57.8. The van der Waals surface area contributed by atoms with Crippen molar-refractivity contribution in [2.24, 2.45) is 74.4 Å². The van der Waals surface area contributed by atoms with Gasteiger partial charge >= 0.3 is 0 Å². The van der Waals surface area contributed by atoms with Crippen LogP contribution in [0.3, 0.4) is 0 Å². The fourth-order valence-corrected chi connectivity index (χ4v) is 17.3. The van der Waals surface area contributed by atoms with Gasteiger partial charge in [-0.3, -0.25) is 14.6 Å². The molecule has 3 aromatic carbocycles. The van der Waals surface area contributed by atoms with Crippen LogP contribution in [0.1, 0.15) is 125 Å². The molecule has 0 aromatic heterocycles. The molecule has 0 bridgehead atoms. The highest BCUT2D eigenvalue weighted by atomic mass is 16.6. The van der Waals surface area contributed by atoms with E-state index >= 15 is 0 Å². The number of nitrogens with two attached hydrogens (primary N) is 3. The number of aryl methyl sites for hydroxylation is 3. The van der Waals surface area contributed by atoms with Crippen molar-refractivity contribution in [2.75, 3.05) is 46.1 Å². The van der Waals surface area contributed by atoms with Gasteiger partial charge in [0.05, 0.1) is 25.3 Å². The number of carbonyl (C=O) groups is 2. The first-order chi connectivity index (χ1) is 40.2. The van der Waals surface area contributed by atoms with E-state index in [2.05, 4.69) is 86.9 Å². The minimum Gasteiger partial charge on any atom is -0.504 e. The molecule has 1 saturated heterocycles. The Labute approximate surface area is 492 Å². The van der Waals surface area contributed by atoms with E-state index in [-0.39, 0.29) is 64.2 Å². The molecule has 4 saturated carbocycles. The number of dihydropyridines is 1. The first-order valence-electron chi connectivity index (χ1n) is 31.3. The lowest BCUT2D eigenvalue weighted by Crippen LogP contribution is -2.57. The highest BCUT2D eigenvalue weighted by molar-refractivity contribution is 6.07. The Kier molecular flexibility index (Phi) is 20.1. The van der Waals surface area contributed by atoms with Crippen LogP contribution in [0, 0.1) is 52.3 Å².